The molecule has 3 saturated carbocycles. The fourth-order valence-corrected chi connectivity index (χ4v) is 6.83. The van der Waals surface area contributed by atoms with Gasteiger partial charge in [-0.2, -0.15) is 0 Å². The predicted molar refractivity (Wildman–Crippen MR) is 83.6 cm³/mol. The van der Waals surface area contributed by atoms with Gasteiger partial charge in [0, 0.05) is 0 Å². The van der Waals surface area contributed by atoms with E-state index in [1.807, 2.05) is 0 Å². The van der Waals surface area contributed by atoms with Gasteiger partial charge in [0.1, 0.15) is 0 Å². The molecule has 0 bridgehead atoms. The van der Waals surface area contributed by atoms with E-state index in [9.17, 15) is 10.2 Å². The van der Waals surface area contributed by atoms with E-state index in [0.717, 1.165) is 30.6 Å². The van der Waals surface area contributed by atoms with Gasteiger partial charge in [0.2, 0.25) is 0 Å². The molecule has 0 unspecified atom stereocenters. The van der Waals surface area contributed by atoms with Gasteiger partial charge in [0.15, 0.2) is 0 Å². The van der Waals surface area contributed by atoms with Gasteiger partial charge < -0.3 is 10.2 Å². The van der Waals surface area contributed by atoms with Gasteiger partial charge in [0.25, 0.3) is 0 Å². The van der Waals surface area contributed by atoms with Crippen LogP contribution >= 0.6 is 0 Å². The molecule has 4 aliphatic carbocycles. The second kappa shape index (κ2) is 4.58. The van der Waals surface area contributed by atoms with E-state index in [2.05, 4.69) is 26.0 Å². The Labute approximate surface area is 128 Å². The highest BCUT2D eigenvalue weighted by Gasteiger charge is 2.61. The summed E-state index contributed by atoms with van der Waals surface area (Å²) in [7, 11) is 0. The zero-order chi connectivity index (χ0) is 14.8. The van der Waals surface area contributed by atoms with Crippen molar-refractivity contribution in [1.29, 1.82) is 0 Å². The smallest absolute Gasteiger partial charge is 0.0855 e. The third kappa shape index (κ3) is 1.78. The molecule has 0 aromatic carbocycles. The average molecular weight is 290 g/mol. The first-order valence-corrected chi connectivity index (χ1v) is 8.98. The summed E-state index contributed by atoms with van der Waals surface area (Å²) in [4.78, 5) is 0. The number of hydrogen-bond acceptors (Lipinski definition) is 2. The molecule has 2 N–H and O–H groups in total. The Kier molecular flexibility index (Phi) is 3.11. The third-order valence-electron chi connectivity index (χ3n) is 8.18. The van der Waals surface area contributed by atoms with E-state index in [4.69, 9.17) is 0 Å². The zero-order valence-corrected chi connectivity index (χ0v) is 13.5. The van der Waals surface area contributed by atoms with Crippen molar-refractivity contribution >= 4 is 0 Å². The lowest BCUT2D eigenvalue weighted by molar-refractivity contribution is -0.113. The Morgan fingerprint density at radius 2 is 1.76 bits per heavy atom. The fraction of sp³-hybridized carbons (Fsp3) is 0.895. The van der Waals surface area contributed by atoms with Crippen LogP contribution < -0.4 is 0 Å². The molecule has 2 nitrogen and oxygen atoms in total. The molecule has 118 valence electrons. The molecule has 8 atom stereocenters. The highest BCUT2D eigenvalue weighted by atomic mass is 16.3. The van der Waals surface area contributed by atoms with Crippen molar-refractivity contribution in [1.82, 2.24) is 0 Å². The van der Waals surface area contributed by atoms with Crippen LogP contribution in [0.3, 0.4) is 0 Å². The first-order chi connectivity index (χ1) is 9.97. The van der Waals surface area contributed by atoms with Gasteiger partial charge in [-0.05, 0) is 79.4 Å². The lowest BCUT2D eigenvalue weighted by atomic mass is 9.46. The number of aliphatic hydroxyl groups is 2. The predicted octanol–water partition coefficient (Wildman–Crippen LogP) is 3.53. The molecular formula is C19H30O2. The van der Waals surface area contributed by atoms with Crippen LogP contribution in [0.15, 0.2) is 12.2 Å². The first-order valence-electron chi connectivity index (χ1n) is 8.98. The van der Waals surface area contributed by atoms with Crippen molar-refractivity contribution in [2.75, 3.05) is 0 Å². The van der Waals surface area contributed by atoms with Crippen LogP contribution in [-0.2, 0) is 0 Å². The van der Waals surface area contributed by atoms with Crippen molar-refractivity contribution in [2.45, 2.75) is 71.0 Å². The molecule has 0 radical (unpaired) electrons. The standard InChI is InChI=1S/C19H30O2/c1-18-9-4-3-5-12(18)6-7-13-14(18)8-10-19(2)15(13)11-16(20)17(19)21/h3-4,12-17,20-21H,5-11H2,1-2H3/t12-,13-,14+,15+,16+,17+,18+,19+/m1/s1. The second-order valence-corrected chi connectivity index (χ2v) is 8.86. The zero-order valence-electron chi connectivity index (χ0n) is 13.5. The van der Waals surface area contributed by atoms with E-state index in [0.29, 0.717) is 11.3 Å². The third-order valence-corrected chi connectivity index (χ3v) is 8.18. The summed E-state index contributed by atoms with van der Waals surface area (Å²) in [6, 6.07) is 0. The van der Waals surface area contributed by atoms with Crippen LogP contribution in [0.4, 0.5) is 0 Å². The Morgan fingerprint density at radius 3 is 2.57 bits per heavy atom. The summed E-state index contributed by atoms with van der Waals surface area (Å²) in [5, 5.41) is 20.7. The van der Waals surface area contributed by atoms with E-state index in [1.54, 1.807) is 0 Å². The molecule has 0 aromatic heterocycles. The molecule has 0 aromatic rings. The summed E-state index contributed by atoms with van der Waals surface area (Å²) in [5.74, 6) is 2.93. The van der Waals surface area contributed by atoms with Crippen LogP contribution in [0.5, 0.6) is 0 Å². The molecule has 4 aliphatic rings. The quantitative estimate of drug-likeness (QED) is 0.670. The first kappa shape index (κ1) is 14.3. The number of fused-ring (bicyclic) bond motifs is 5. The lowest BCUT2D eigenvalue weighted by Gasteiger charge is -2.59. The SMILES string of the molecule is C[C@]12CC=CC[C@@H]1CC[C@@H]1[C@@H]2CC[C@]2(C)[C@@H](O)[C@@H](O)C[C@@H]12. The highest BCUT2D eigenvalue weighted by molar-refractivity contribution is 5.13. The summed E-state index contributed by atoms with van der Waals surface area (Å²) < 4.78 is 0. The topological polar surface area (TPSA) is 40.5 Å². The number of allylic oxidation sites excluding steroid dienone is 2. The van der Waals surface area contributed by atoms with Crippen LogP contribution in [0.25, 0.3) is 0 Å². The van der Waals surface area contributed by atoms with Crippen molar-refractivity contribution in [3.63, 3.8) is 0 Å². The maximum atomic E-state index is 10.5. The molecule has 3 fully saturated rings. The number of aliphatic hydroxyl groups excluding tert-OH is 2. The van der Waals surface area contributed by atoms with Crippen molar-refractivity contribution in [3.05, 3.63) is 12.2 Å². The van der Waals surface area contributed by atoms with E-state index in [-0.39, 0.29) is 5.41 Å². The molecule has 0 saturated heterocycles. The Bertz CT molecular complexity index is 458. The number of hydrogen-bond donors (Lipinski definition) is 2. The Balaban J connectivity index is 1.67. The van der Waals surface area contributed by atoms with E-state index < -0.39 is 12.2 Å². The summed E-state index contributed by atoms with van der Waals surface area (Å²) in [5.41, 5.74) is 0.436. The van der Waals surface area contributed by atoms with Crippen LogP contribution in [0.2, 0.25) is 0 Å². The maximum absolute atomic E-state index is 10.5. The minimum Gasteiger partial charge on any atom is -0.390 e. The summed E-state index contributed by atoms with van der Waals surface area (Å²) >= 11 is 0. The van der Waals surface area contributed by atoms with Crippen LogP contribution in [0.1, 0.15) is 58.8 Å². The minimum atomic E-state index is -0.500. The van der Waals surface area contributed by atoms with Crippen LogP contribution in [-0.4, -0.2) is 22.4 Å². The van der Waals surface area contributed by atoms with Gasteiger partial charge in [-0.15, -0.1) is 0 Å². The van der Waals surface area contributed by atoms with Gasteiger partial charge in [0.05, 0.1) is 12.2 Å². The molecule has 4 rings (SSSR count). The maximum Gasteiger partial charge on any atom is 0.0855 e. The molecule has 0 aliphatic heterocycles. The van der Waals surface area contributed by atoms with Crippen LogP contribution in [0, 0.1) is 34.5 Å². The average Bonchev–Trinajstić information content (AvgIpc) is 2.70. The Morgan fingerprint density at radius 1 is 0.952 bits per heavy atom. The van der Waals surface area contributed by atoms with Gasteiger partial charge in [-0.1, -0.05) is 26.0 Å². The molecule has 0 heterocycles. The Hall–Kier alpha value is -0.340. The van der Waals surface area contributed by atoms with Gasteiger partial charge in [-0.3, -0.25) is 0 Å². The van der Waals surface area contributed by atoms with E-state index in [1.165, 1.54) is 32.1 Å². The molecular weight excluding hydrogens is 260 g/mol. The number of rotatable bonds is 0. The fourth-order valence-electron chi connectivity index (χ4n) is 6.83. The van der Waals surface area contributed by atoms with Gasteiger partial charge >= 0.3 is 0 Å². The largest absolute Gasteiger partial charge is 0.390 e. The molecule has 2 heteroatoms. The van der Waals surface area contributed by atoms with E-state index >= 15 is 0 Å². The van der Waals surface area contributed by atoms with Crippen molar-refractivity contribution in [3.8, 4) is 0 Å². The molecule has 0 spiro atoms. The summed E-state index contributed by atoms with van der Waals surface area (Å²) in [6.07, 6.45) is 12.2. The highest BCUT2D eigenvalue weighted by Crippen LogP contribution is 2.65. The van der Waals surface area contributed by atoms with Crippen molar-refractivity contribution in [2.24, 2.45) is 34.5 Å². The van der Waals surface area contributed by atoms with Gasteiger partial charge in [-0.25, -0.2) is 0 Å². The summed E-state index contributed by atoms with van der Waals surface area (Å²) in [6.45, 7) is 4.77. The molecule has 21 heavy (non-hydrogen) atoms. The second-order valence-electron chi connectivity index (χ2n) is 8.86. The monoisotopic (exact) mass is 290 g/mol. The minimum absolute atomic E-state index is 0.0334. The normalized spacial score (nSPS) is 59.2. The van der Waals surface area contributed by atoms with Crippen molar-refractivity contribution < 1.29 is 10.2 Å². The molecule has 0 amide bonds. The lowest BCUT2D eigenvalue weighted by Crippen LogP contribution is -2.53.